The summed E-state index contributed by atoms with van der Waals surface area (Å²) in [5, 5.41) is 10.0. The van der Waals surface area contributed by atoms with Gasteiger partial charge in [0.05, 0.1) is 4.90 Å². The van der Waals surface area contributed by atoms with Crippen LogP contribution in [0.2, 0.25) is 5.02 Å². The third-order valence-corrected chi connectivity index (χ3v) is 6.26. The molecule has 2 aromatic carbocycles. The first-order valence-electron chi connectivity index (χ1n) is 7.80. The molecule has 0 radical (unpaired) electrons. The number of hydrogen-bond acceptors (Lipinski definition) is 3. The van der Waals surface area contributed by atoms with E-state index in [1.807, 2.05) is 31.2 Å². The van der Waals surface area contributed by atoms with Crippen molar-refractivity contribution in [1.82, 2.24) is 4.31 Å². The van der Waals surface area contributed by atoms with Gasteiger partial charge in [-0.05, 0) is 48.2 Å². The van der Waals surface area contributed by atoms with Crippen LogP contribution in [0.15, 0.2) is 53.4 Å². The van der Waals surface area contributed by atoms with Crippen molar-refractivity contribution in [2.24, 2.45) is 0 Å². The van der Waals surface area contributed by atoms with Gasteiger partial charge < -0.3 is 5.11 Å². The van der Waals surface area contributed by atoms with Gasteiger partial charge in [-0.15, -0.1) is 0 Å². The molecule has 0 aliphatic heterocycles. The molecule has 0 saturated heterocycles. The van der Waals surface area contributed by atoms with E-state index in [1.54, 1.807) is 0 Å². The van der Waals surface area contributed by atoms with Crippen molar-refractivity contribution in [3.8, 4) is 0 Å². The van der Waals surface area contributed by atoms with E-state index in [2.05, 4.69) is 0 Å². The van der Waals surface area contributed by atoms with Crippen LogP contribution in [0.25, 0.3) is 0 Å². The van der Waals surface area contributed by atoms with Crippen LogP contribution in [-0.4, -0.2) is 36.9 Å². The third-order valence-electron chi connectivity index (χ3n) is 4.13. The highest BCUT2D eigenvalue weighted by atomic mass is 35.5. The molecule has 5 nitrogen and oxygen atoms in total. The number of carboxylic acid groups (broad SMARTS) is 1. The molecular formula is C18H20ClNO4S. The lowest BCUT2D eigenvalue weighted by Crippen LogP contribution is -2.43. The number of sulfonamides is 1. The van der Waals surface area contributed by atoms with Gasteiger partial charge in [0.15, 0.2) is 0 Å². The first-order valence-corrected chi connectivity index (χ1v) is 9.62. The minimum absolute atomic E-state index is 0.00873. The van der Waals surface area contributed by atoms with Crippen LogP contribution in [0.3, 0.4) is 0 Å². The van der Waals surface area contributed by atoms with Gasteiger partial charge in [0, 0.05) is 12.1 Å². The normalized spacial score (nSPS) is 13.0. The predicted molar refractivity (Wildman–Crippen MR) is 97.3 cm³/mol. The van der Waals surface area contributed by atoms with E-state index in [9.17, 15) is 18.3 Å². The van der Waals surface area contributed by atoms with Crippen molar-refractivity contribution in [3.63, 3.8) is 0 Å². The molecule has 25 heavy (non-hydrogen) atoms. The van der Waals surface area contributed by atoms with Crippen LogP contribution in [0.1, 0.15) is 18.1 Å². The highest BCUT2D eigenvalue weighted by Gasteiger charge is 2.33. The second-order valence-electron chi connectivity index (χ2n) is 5.66. The van der Waals surface area contributed by atoms with Gasteiger partial charge in [0.1, 0.15) is 6.04 Å². The van der Waals surface area contributed by atoms with E-state index in [1.165, 1.54) is 31.3 Å². The summed E-state index contributed by atoms with van der Waals surface area (Å²) >= 11 is 5.79. The molecule has 0 amide bonds. The number of rotatable bonds is 7. The summed E-state index contributed by atoms with van der Waals surface area (Å²) in [4.78, 5) is 11.8. The SMILES string of the molecule is CCc1ccccc1CC(C(=O)O)N(C)S(=O)(=O)c1ccc(Cl)cc1. The van der Waals surface area contributed by atoms with Crippen molar-refractivity contribution in [2.45, 2.75) is 30.7 Å². The second-order valence-corrected chi connectivity index (χ2v) is 8.09. The second kappa shape index (κ2) is 7.99. The average molecular weight is 382 g/mol. The smallest absolute Gasteiger partial charge is 0.322 e. The number of nitrogens with zero attached hydrogens (tertiary/aromatic N) is 1. The van der Waals surface area contributed by atoms with E-state index in [-0.39, 0.29) is 11.3 Å². The zero-order chi connectivity index (χ0) is 18.6. The van der Waals surface area contributed by atoms with E-state index in [0.29, 0.717) is 5.02 Å². The number of aryl methyl sites for hydroxylation is 1. The lowest BCUT2D eigenvalue weighted by Gasteiger charge is -2.25. The Hall–Kier alpha value is -1.89. The Labute approximate surface area is 152 Å². The number of carboxylic acids is 1. The van der Waals surface area contributed by atoms with Gasteiger partial charge in [-0.3, -0.25) is 4.79 Å². The zero-order valence-corrected chi connectivity index (χ0v) is 15.6. The number of hydrogen-bond donors (Lipinski definition) is 1. The fourth-order valence-electron chi connectivity index (χ4n) is 2.62. The third kappa shape index (κ3) is 4.39. The highest BCUT2D eigenvalue weighted by Crippen LogP contribution is 2.22. The fourth-order valence-corrected chi connectivity index (χ4v) is 4.06. The molecule has 0 bridgehead atoms. The van der Waals surface area contributed by atoms with Crippen LogP contribution in [0.4, 0.5) is 0 Å². The van der Waals surface area contributed by atoms with Crippen LogP contribution in [-0.2, 0) is 27.7 Å². The van der Waals surface area contributed by atoms with Crippen molar-refractivity contribution in [1.29, 1.82) is 0 Å². The van der Waals surface area contributed by atoms with Crippen molar-refractivity contribution in [2.75, 3.05) is 7.05 Å². The molecule has 0 heterocycles. The molecule has 1 unspecified atom stereocenters. The Kier molecular flexibility index (Phi) is 6.21. The molecule has 134 valence electrons. The molecule has 0 aliphatic carbocycles. The van der Waals surface area contributed by atoms with Crippen molar-refractivity contribution in [3.05, 3.63) is 64.7 Å². The standard InChI is InChI=1S/C18H20ClNO4S/c1-3-13-6-4-5-7-14(13)12-17(18(21)22)20(2)25(23,24)16-10-8-15(19)9-11-16/h4-11,17H,3,12H2,1-2H3,(H,21,22). The summed E-state index contributed by atoms with van der Waals surface area (Å²) in [6, 6.07) is 11.9. The maximum atomic E-state index is 12.8. The van der Waals surface area contributed by atoms with Crippen LogP contribution in [0.5, 0.6) is 0 Å². The topological polar surface area (TPSA) is 74.7 Å². The summed E-state index contributed by atoms with van der Waals surface area (Å²) in [5.41, 5.74) is 1.83. The van der Waals surface area contributed by atoms with Gasteiger partial charge in [0.2, 0.25) is 10.0 Å². The first kappa shape index (κ1) is 19.4. The van der Waals surface area contributed by atoms with Gasteiger partial charge in [-0.2, -0.15) is 4.31 Å². The number of benzene rings is 2. The molecule has 0 saturated carbocycles. The monoisotopic (exact) mass is 381 g/mol. The molecule has 2 aromatic rings. The molecule has 1 atom stereocenters. The van der Waals surface area contributed by atoms with E-state index in [0.717, 1.165) is 21.9 Å². The Balaban J connectivity index is 2.36. The quantitative estimate of drug-likeness (QED) is 0.799. The summed E-state index contributed by atoms with van der Waals surface area (Å²) < 4.78 is 26.4. The zero-order valence-electron chi connectivity index (χ0n) is 14.0. The van der Waals surface area contributed by atoms with Gasteiger partial charge >= 0.3 is 5.97 Å². The Morgan fingerprint density at radius 2 is 1.68 bits per heavy atom. The highest BCUT2D eigenvalue weighted by molar-refractivity contribution is 7.89. The Morgan fingerprint density at radius 3 is 2.20 bits per heavy atom. The number of halogens is 1. The predicted octanol–water partition coefficient (Wildman–Crippen LogP) is 3.22. The number of aliphatic carboxylic acids is 1. The van der Waals surface area contributed by atoms with Gasteiger partial charge in [0.25, 0.3) is 0 Å². The summed E-state index contributed by atoms with van der Waals surface area (Å²) in [6.07, 6.45) is 0.846. The van der Waals surface area contributed by atoms with Crippen LogP contribution in [0, 0.1) is 0 Å². The number of likely N-dealkylation sites (N-methyl/N-ethyl adjacent to an activating group) is 1. The van der Waals surface area contributed by atoms with E-state index < -0.39 is 22.0 Å². The Morgan fingerprint density at radius 1 is 1.12 bits per heavy atom. The van der Waals surface area contributed by atoms with Crippen molar-refractivity contribution < 1.29 is 18.3 Å². The molecule has 1 N–H and O–H groups in total. The first-order chi connectivity index (χ1) is 11.8. The summed E-state index contributed by atoms with van der Waals surface area (Å²) in [7, 11) is -2.66. The minimum atomic E-state index is -3.95. The van der Waals surface area contributed by atoms with Crippen LogP contribution >= 0.6 is 11.6 Å². The minimum Gasteiger partial charge on any atom is -0.480 e. The van der Waals surface area contributed by atoms with E-state index >= 15 is 0 Å². The lowest BCUT2D eigenvalue weighted by molar-refractivity contribution is -0.141. The average Bonchev–Trinajstić information content (AvgIpc) is 2.59. The molecular weight excluding hydrogens is 362 g/mol. The lowest BCUT2D eigenvalue weighted by atomic mass is 9.99. The molecule has 0 spiro atoms. The molecule has 0 aromatic heterocycles. The van der Waals surface area contributed by atoms with Gasteiger partial charge in [-0.1, -0.05) is 42.8 Å². The van der Waals surface area contributed by atoms with Crippen molar-refractivity contribution >= 4 is 27.6 Å². The largest absolute Gasteiger partial charge is 0.480 e. The molecule has 7 heteroatoms. The summed E-state index contributed by atoms with van der Waals surface area (Å²) in [6.45, 7) is 1.97. The molecule has 2 rings (SSSR count). The maximum Gasteiger partial charge on any atom is 0.322 e. The van der Waals surface area contributed by atoms with Gasteiger partial charge in [-0.25, -0.2) is 8.42 Å². The molecule has 0 fully saturated rings. The fraction of sp³-hybridized carbons (Fsp3) is 0.278. The summed E-state index contributed by atoms with van der Waals surface area (Å²) in [5.74, 6) is -1.19. The van der Waals surface area contributed by atoms with Crippen LogP contribution < -0.4 is 0 Å². The number of carbonyl (C=O) groups is 1. The van der Waals surface area contributed by atoms with E-state index in [4.69, 9.17) is 11.6 Å². The molecule has 0 aliphatic rings. The Bertz CT molecular complexity index is 850. The maximum absolute atomic E-state index is 12.8.